The summed E-state index contributed by atoms with van der Waals surface area (Å²) in [5.41, 5.74) is 1.53. The fourth-order valence-electron chi connectivity index (χ4n) is 3.22. The summed E-state index contributed by atoms with van der Waals surface area (Å²) >= 11 is 0. The highest BCUT2D eigenvalue weighted by Gasteiger charge is 2.16. The Balaban J connectivity index is 1.92. The molecule has 0 unspecified atom stereocenters. The van der Waals surface area contributed by atoms with Crippen molar-refractivity contribution in [1.29, 1.82) is 0 Å². The molecule has 0 heterocycles. The van der Waals surface area contributed by atoms with E-state index in [4.69, 9.17) is 0 Å². The van der Waals surface area contributed by atoms with E-state index in [0.29, 0.717) is 0 Å². The first kappa shape index (κ1) is 18.5. The minimum absolute atomic E-state index is 1.15. The van der Waals surface area contributed by atoms with Gasteiger partial charge in [-0.05, 0) is 19.3 Å². The van der Waals surface area contributed by atoms with Gasteiger partial charge < -0.3 is 4.48 Å². The number of nitrogens with zero attached hydrogens (tertiary/aromatic N) is 1. The zero-order valence-electron chi connectivity index (χ0n) is 14.9. The summed E-state index contributed by atoms with van der Waals surface area (Å²) in [6, 6.07) is 0. The number of hydrogen-bond donors (Lipinski definition) is 0. The molecule has 1 heteroatoms. The van der Waals surface area contributed by atoms with Crippen molar-refractivity contribution in [2.24, 2.45) is 0 Å². The van der Waals surface area contributed by atoms with Crippen molar-refractivity contribution in [2.75, 3.05) is 27.2 Å². The highest BCUT2D eigenvalue weighted by molar-refractivity contribution is 5.26. The van der Waals surface area contributed by atoms with E-state index >= 15 is 0 Å². The van der Waals surface area contributed by atoms with E-state index in [0.717, 1.165) is 10.9 Å². The molecule has 0 aromatic rings. The molecule has 0 saturated carbocycles. The average Bonchev–Trinajstić information content (AvgIpc) is 2.93. The molecule has 0 bridgehead atoms. The van der Waals surface area contributed by atoms with Gasteiger partial charge in [0.05, 0.1) is 20.6 Å². The Kier molecular flexibility index (Phi) is 9.74. The minimum atomic E-state index is 1.15. The van der Waals surface area contributed by atoms with Crippen LogP contribution in [-0.2, 0) is 0 Å². The first-order valence-corrected chi connectivity index (χ1v) is 9.31. The van der Waals surface area contributed by atoms with Crippen LogP contribution in [-0.4, -0.2) is 31.7 Å². The lowest BCUT2D eigenvalue weighted by Gasteiger charge is -2.30. The zero-order chi connectivity index (χ0) is 15.4. The van der Waals surface area contributed by atoms with Gasteiger partial charge in [0.15, 0.2) is 0 Å². The van der Waals surface area contributed by atoms with E-state index in [1.807, 2.05) is 0 Å². The van der Waals surface area contributed by atoms with Crippen LogP contribution in [0.1, 0.15) is 77.6 Å². The summed E-state index contributed by atoms with van der Waals surface area (Å²) in [7, 11) is 4.75. The highest BCUT2D eigenvalue weighted by Crippen LogP contribution is 2.15. The number of likely N-dealkylation sites (N-methyl/N-ethyl adjacent to an activating group) is 1. The smallest absolute Gasteiger partial charge is 0.104 e. The third-order valence-corrected chi connectivity index (χ3v) is 4.58. The topological polar surface area (TPSA) is 0 Å². The van der Waals surface area contributed by atoms with E-state index in [-0.39, 0.29) is 0 Å². The Labute approximate surface area is 133 Å². The van der Waals surface area contributed by atoms with Crippen LogP contribution in [0.15, 0.2) is 23.8 Å². The van der Waals surface area contributed by atoms with Crippen LogP contribution in [0, 0.1) is 0 Å². The van der Waals surface area contributed by atoms with Crippen LogP contribution in [0.5, 0.6) is 0 Å². The summed E-state index contributed by atoms with van der Waals surface area (Å²) in [6.45, 7) is 4.81. The molecule has 1 aliphatic rings. The minimum Gasteiger partial charge on any atom is -0.325 e. The van der Waals surface area contributed by atoms with Crippen LogP contribution in [0.3, 0.4) is 0 Å². The molecule has 0 aliphatic heterocycles. The summed E-state index contributed by atoms with van der Waals surface area (Å²) in [4.78, 5) is 0. The monoisotopic (exact) mass is 292 g/mol. The van der Waals surface area contributed by atoms with Crippen LogP contribution in [0.2, 0.25) is 0 Å². The lowest BCUT2D eigenvalue weighted by atomic mass is 10.1. The quantitative estimate of drug-likeness (QED) is 0.294. The van der Waals surface area contributed by atoms with E-state index in [9.17, 15) is 0 Å². The van der Waals surface area contributed by atoms with Gasteiger partial charge in [-0.15, -0.1) is 0 Å². The normalized spacial score (nSPS) is 14.7. The molecule has 0 fully saturated rings. The van der Waals surface area contributed by atoms with Gasteiger partial charge in [0.25, 0.3) is 0 Å². The first-order chi connectivity index (χ1) is 10.1. The standard InChI is InChI=1S/C20H38N/c1-4-5-6-7-8-9-10-11-12-15-18-21(2,3)19-20-16-13-14-17-20/h13,16-17H,4-12,14-15,18-19H2,1-3H3/q+1. The van der Waals surface area contributed by atoms with Gasteiger partial charge in [0.2, 0.25) is 0 Å². The predicted molar refractivity (Wildman–Crippen MR) is 95.5 cm³/mol. The molecule has 21 heavy (non-hydrogen) atoms. The summed E-state index contributed by atoms with van der Waals surface area (Å²) in [5.74, 6) is 0. The number of hydrogen-bond acceptors (Lipinski definition) is 0. The van der Waals surface area contributed by atoms with Crippen LogP contribution in [0.25, 0.3) is 0 Å². The Bertz CT molecular complexity index is 312. The van der Waals surface area contributed by atoms with Crippen molar-refractivity contribution in [2.45, 2.75) is 77.6 Å². The van der Waals surface area contributed by atoms with Gasteiger partial charge >= 0.3 is 0 Å². The number of unbranched alkanes of at least 4 members (excludes halogenated alkanes) is 9. The van der Waals surface area contributed by atoms with Crippen molar-refractivity contribution in [1.82, 2.24) is 0 Å². The third-order valence-electron chi connectivity index (χ3n) is 4.58. The van der Waals surface area contributed by atoms with Crippen LogP contribution < -0.4 is 0 Å². The largest absolute Gasteiger partial charge is 0.325 e. The van der Waals surface area contributed by atoms with Crippen molar-refractivity contribution >= 4 is 0 Å². The summed E-state index contributed by atoms with van der Waals surface area (Å²) < 4.78 is 1.15. The van der Waals surface area contributed by atoms with Crippen molar-refractivity contribution < 1.29 is 4.48 Å². The van der Waals surface area contributed by atoms with Crippen molar-refractivity contribution in [3.63, 3.8) is 0 Å². The Morgan fingerprint density at radius 2 is 1.43 bits per heavy atom. The molecule has 122 valence electrons. The molecule has 1 nitrogen and oxygen atoms in total. The van der Waals surface area contributed by atoms with Crippen molar-refractivity contribution in [3.05, 3.63) is 23.8 Å². The fourth-order valence-corrected chi connectivity index (χ4v) is 3.22. The fraction of sp³-hybridized carbons (Fsp3) is 0.800. The molecule has 0 radical (unpaired) electrons. The highest BCUT2D eigenvalue weighted by atomic mass is 15.3. The lowest BCUT2D eigenvalue weighted by Crippen LogP contribution is -2.41. The molecule has 0 atom stereocenters. The molecule has 0 spiro atoms. The first-order valence-electron chi connectivity index (χ1n) is 9.31. The van der Waals surface area contributed by atoms with E-state index < -0.39 is 0 Å². The molecule has 0 N–H and O–H groups in total. The van der Waals surface area contributed by atoms with Gasteiger partial charge in [-0.25, -0.2) is 0 Å². The summed E-state index contributed by atoms with van der Waals surface area (Å²) in [6.07, 6.45) is 22.4. The summed E-state index contributed by atoms with van der Waals surface area (Å²) in [5, 5.41) is 0. The number of allylic oxidation sites excluding steroid dienone is 2. The second-order valence-corrected chi connectivity index (χ2v) is 7.42. The molecular formula is C20H38N+. The van der Waals surface area contributed by atoms with E-state index in [1.54, 1.807) is 0 Å². The second-order valence-electron chi connectivity index (χ2n) is 7.42. The van der Waals surface area contributed by atoms with Gasteiger partial charge in [0, 0.05) is 5.57 Å². The average molecular weight is 293 g/mol. The molecule has 0 saturated heterocycles. The predicted octanol–water partition coefficient (Wildman–Crippen LogP) is 5.87. The second kappa shape index (κ2) is 11.1. The molecule has 1 aliphatic carbocycles. The maximum atomic E-state index is 2.38. The maximum Gasteiger partial charge on any atom is 0.104 e. The number of quaternary nitrogens is 1. The Morgan fingerprint density at radius 3 is 1.95 bits per heavy atom. The van der Waals surface area contributed by atoms with E-state index in [1.165, 1.54) is 82.9 Å². The maximum absolute atomic E-state index is 2.38. The van der Waals surface area contributed by atoms with Crippen molar-refractivity contribution in [3.8, 4) is 0 Å². The number of rotatable bonds is 13. The van der Waals surface area contributed by atoms with Gasteiger partial charge in [-0.3, -0.25) is 0 Å². The van der Waals surface area contributed by atoms with Gasteiger partial charge in [0.1, 0.15) is 6.54 Å². The Morgan fingerprint density at radius 1 is 0.857 bits per heavy atom. The molecular weight excluding hydrogens is 254 g/mol. The van der Waals surface area contributed by atoms with E-state index in [2.05, 4.69) is 39.2 Å². The van der Waals surface area contributed by atoms with Gasteiger partial charge in [-0.2, -0.15) is 0 Å². The molecule has 0 aromatic heterocycles. The Hall–Kier alpha value is -0.560. The molecule has 0 amide bonds. The lowest BCUT2D eigenvalue weighted by molar-refractivity contribution is -0.885. The SMILES string of the molecule is CCCCCCCCCCCC[N+](C)(C)CC1=CCC=C1. The zero-order valence-corrected chi connectivity index (χ0v) is 14.9. The van der Waals surface area contributed by atoms with Gasteiger partial charge in [-0.1, -0.05) is 76.5 Å². The molecule has 1 rings (SSSR count). The van der Waals surface area contributed by atoms with Crippen LogP contribution >= 0.6 is 0 Å². The third kappa shape index (κ3) is 9.90. The molecule has 0 aromatic carbocycles. The van der Waals surface area contributed by atoms with Crippen LogP contribution in [0.4, 0.5) is 0 Å².